The maximum Gasteiger partial charge on any atom is 0.195 e. The second-order valence-electron chi connectivity index (χ2n) is 5.82. The number of nitrogens with zero attached hydrogens (tertiary/aromatic N) is 3. The topological polar surface area (TPSA) is 30.7 Å². The standard InChI is InChI=1S/C20H23N3S/c1-3-17-11-13-19(14-12-17)23-16(2)21-22-20(23)24-15-7-10-18-8-5-4-6-9-18/h4-6,8-9,11-14H,3,7,10,15H2,1-2H3. The monoisotopic (exact) mass is 337 g/mol. The lowest BCUT2D eigenvalue weighted by Gasteiger charge is -2.09. The first-order chi connectivity index (χ1) is 11.8. The summed E-state index contributed by atoms with van der Waals surface area (Å²) in [7, 11) is 0. The molecule has 1 aromatic heterocycles. The number of thioether (sulfide) groups is 1. The third-order valence-corrected chi connectivity index (χ3v) is 5.10. The maximum atomic E-state index is 4.36. The van der Waals surface area contributed by atoms with E-state index in [1.54, 1.807) is 11.8 Å². The van der Waals surface area contributed by atoms with Crippen molar-refractivity contribution in [2.45, 2.75) is 38.3 Å². The highest BCUT2D eigenvalue weighted by atomic mass is 32.2. The Morgan fingerprint density at radius 2 is 1.67 bits per heavy atom. The van der Waals surface area contributed by atoms with Gasteiger partial charge in [0.05, 0.1) is 0 Å². The SMILES string of the molecule is CCc1ccc(-n2c(C)nnc2SCCCc2ccccc2)cc1. The van der Waals surface area contributed by atoms with Crippen LogP contribution in [0.25, 0.3) is 5.69 Å². The van der Waals surface area contributed by atoms with E-state index < -0.39 is 0 Å². The zero-order valence-electron chi connectivity index (χ0n) is 14.3. The van der Waals surface area contributed by atoms with Crippen molar-refractivity contribution < 1.29 is 0 Å². The Morgan fingerprint density at radius 3 is 2.38 bits per heavy atom. The molecule has 124 valence electrons. The summed E-state index contributed by atoms with van der Waals surface area (Å²) in [4.78, 5) is 0. The van der Waals surface area contributed by atoms with Crippen LogP contribution in [0.2, 0.25) is 0 Å². The number of aromatic nitrogens is 3. The number of rotatable bonds is 7. The van der Waals surface area contributed by atoms with Crippen molar-refractivity contribution in [1.29, 1.82) is 0 Å². The fourth-order valence-corrected chi connectivity index (χ4v) is 3.64. The molecule has 0 aliphatic heterocycles. The van der Waals surface area contributed by atoms with Gasteiger partial charge in [0.15, 0.2) is 5.16 Å². The second kappa shape index (κ2) is 8.15. The molecule has 0 atom stereocenters. The molecule has 0 amide bonds. The van der Waals surface area contributed by atoms with Gasteiger partial charge in [-0.3, -0.25) is 4.57 Å². The van der Waals surface area contributed by atoms with Crippen LogP contribution >= 0.6 is 11.8 Å². The van der Waals surface area contributed by atoms with Crippen molar-refractivity contribution in [3.8, 4) is 5.69 Å². The van der Waals surface area contributed by atoms with E-state index in [2.05, 4.69) is 76.3 Å². The Labute approximate surface area is 148 Å². The molecule has 3 nitrogen and oxygen atoms in total. The molecule has 3 rings (SSSR count). The van der Waals surface area contributed by atoms with Crippen LogP contribution in [-0.4, -0.2) is 20.5 Å². The fraction of sp³-hybridized carbons (Fsp3) is 0.300. The summed E-state index contributed by atoms with van der Waals surface area (Å²) in [5, 5.41) is 9.60. The Hall–Kier alpha value is -2.07. The van der Waals surface area contributed by atoms with Gasteiger partial charge in [0.1, 0.15) is 5.82 Å². The molecular weight excluding hydrogens is 314 g/mol. The van der Waals surface area contributed by atoms with Crippen LogP contribution in [0.4, 0.5) is 0 Å². The van der Waals surface area contributed by atoms with Crippen molar-refractivity contribution in [3.63, 3.8) is 0 Å². The van der Waals surface area contributed by atoms with E-state index in [9.17, 15) is 0 Å². The number of hydrogen-bond acceptors (Lipinski definition) is 3. The third kappa shape index (κ3) is 4.06. The molecule has 24 heavy (non-hydrogen) atoms. The Morgan fingerprint density at radius 1 is 0.917 bits per heavy atom. The molecule has 0 N–H and O–H groups in total. The minimum absolute atomic E-state index is 0.935. The van der Waals surface area contributed by atoms with Crippen LogP contribution in [-0.2, 0) is 12.8 Å². The highest BCUT2D eigenvalue weighted by Gasteiger charge is 2.11. The van der Waals surface area contributed by atoms with E-state index >= 15 is 0 Å². The molecule has 0 aliphatic carbocycles. The van der Waals surface area contributed by atoms with Gasteiger partial charge >= 0.3 is 0 Å². The Balaban J connectivity index is 1.64. The van der Waals surface area contributed by atoms with Crippen LogP contribution < -0.4 is 0 Å². The lowest BCUT2D eigenvalue weighted by molar-refractivity contribution is 0.860. The van der Waals surface area contributed by atoms with Crippen LogP contribution in [0.5, 0.6) is 0 Å². The van der Waals surface area contributed by atoms with Gasteiger partial charge < -0.3 is 0 Å². The quantitative estimate of drug-likeness (QED) is 0.455. The Bertz CT molecular complexity index is 763. The number of hydrogen-bond donors (Lipinski definition) is 0. The van der Waals surface area contributed by atoms with Crippen molar-refractivity contribution in [1.82, 2.24) is 14.8 Å². The average Bonchev–Trinajstić information content (AvgIpc) is 3.00. The van der Waals surface area contributed by atoms with Gasteiger partial charge in [-0.25, -0.2) is 0 Å². The van der Waals surface area contributed by atoms with Crippen molar-refractivity contribution in [2.24, 2.45) is 0 Å². The molecule has 0 saturated heterocycles. The van der Waals surface area contributed by atoms with Crippen LogP contribution in [0.3, 0.4) is 0 Å². The van der Waals surface area contributed by atoms with E-state index in [1.807, 2.05) is 6.92 Å². The van der Waals surface area contributed by atoms with Gasteiger partial charge in [-0.1, -0.05) is 61.2 Å². The average molecular weight is 337 g/mol. The summed E-state index contributed by atoms with van der Waals surface area (Å²) in [6.45, 7) is 4.18. The molecule has 0 radical (unpaired) electrons. The molecule has 0 aliphatic rings. The largest absolute Gasteiger partial charge is 0.274 e. The smallest absolute Gasteiger partial charge is 0.195 e. The van der Waals surface area contributed by atoms with Gasteiger partial charge in [0.25, 0.3) is 0 Å². The minimum Gasteiger partial charge on any atom is -0.274 e. The van der Waals surface area contributed by atoms with Gasteiger partial charge in [0.2, 0.25) is 0 Å². The van der Waals surface area contributed by atoms with E-state index in [0.29, 0.717) is 0 Å². The summed E-state index contributed by atoms with van der Waals surface area (Å²) < 4.78 is 2.15. The predicted molar refractivity (Wildman–Crippen MR) is 101 cm³/mol. The minimum atomic E-state index is 0.935. The Kier molecular flexibility index (Phi) is 5.70. The van der Waals surface area contributed by atoms with Gasteiger partial charge in [0, 0.05) is 11.4 Å². The summed E-state index contributed by atoms with van der Waals surface area (Å²) in [6, 6.07) is 19.3. The van der Waals surface area contributed by atoms with Crippen LogP contribution in [0.15, 0.2) is 59.8 Å². The van der Waals surface area contributed by atoms with Crippen LogP contribution in [0.1, 0.15) is 30.3 Å². The zero-order chi connectivity index (χ0) is 16.8. The molecule has 3 aromatic rings. The summed E-state index contributed by atoms with van der Waals surface area (Å²) in [5.74, 6) is 1.98. The van der Waals surface area contributed by atoms with Crippen molar-refractivity contribution in [2.75, 3.05) is 5.75 Å². The summed E-state index contributed by atoms with van der Waals surface area (Å²) in [5.41, 5.74) is 3.88. The lowest BCUT2D eigenvalue weighted by Crippen LogP contribution is -2.00. The van der Waals surface area contributed by atoms with E-state index in [0.717, 1.165) is 41.7 Å². The normalized spacial score (nSPS) is 10.9. The summed E-state index contributed by atoms with van der Waals surface area (Å²) >= 11 is 1.78. The first kappa shape index (κ1) is 16.8. The molecule has 0 unspecified atom stereocenters. The first-order valence-corrected chi connectivity index (χ1v) is 9.44. The van der Waals surface area contributed by atoms with Gasteiger partial charge in [-0.2, -0.15) is 0 Å². The summed E-state index contributed by atoms with van der Waals surface area (Å²) in [6.07, 6.45) is 3.30. The van der Waals surface area contributed by atoms with Crippen molar-refractivity contribution in [3.05, 3.63) is 71.5 Å². The highest BCUT2D eigenvalue weighted by Crippen LogP contribution is 2.23. The van der Waals surface area contributed by atoms with E-state index in [-0.39, 0.29) is 0 Å². The van der Waals surface area contributed by atoms with Gasteiger partial charge in [-0.15, -0.1) is 10.2 Å². The van der Waals surface area contributed by atoms with E-state index in [4.69, 9.17) is 0 Å². The van der Waals surface area contributed by atoms with Crippen molar-refractivity contribution >= 4 is 11.8 Å². The molecule has 0 saturated carbocycles. The van der Waals surface area contributed by atoms with Crippen LogP contribution in [0, 0.1) is 6.92 Å². The maximum absolute atomic E-state index is 4.36. The highest BCUT2D eigenvalue weighted by molar-refractivity contribution is 7.99. The molecule has 2 aromatic carbocycles. The third-order valence-electron chi connectivity index (χ3n) is 4.08. The lowest BCUT2D eigenvalue weighted by atomic mass is 10.1. The predicted octanol–water partition coefficient (Wildman–Crippen LogP) is 4.86. The molecule has 1 heterocycles. The molecule has 0 spiro atoms. The first-order valence-electron chi connectivity index (χ1n) is 8.46. The van der Waals surface area contributed by atoms with Gasteiger partial charge in [-0.05, 0) is 49.4 Å². The molecule has 0 bridgehead atoms. The number of aryl methyl sites for hydroxylation is 3. The second-order valence-corrected chi connectivity index (χ2v) is 6.88. The fourth-order valence-electron chi connectivity index (χ4n) is 2.70. The van der Waals surface area contributed by atoms with E-state index in [1.165, 1.54) is 11.1 Å². The number of benzene rings is 2. The molecule has 0 fully saturated rings. The molecule has 4 heteroatoms. The molecular formula is C20H23N3S. The zero-order valence-corrected chi connectivity index (χ0v) is 15.1.